The van der Waals surface area contributed by atoms with E-state index in [1.165, 1.54) is 0 Å². The highest BCUT2D eigenvalue weighted by atomic mass is 32.2. The maximum Gasteiger partial charge on any atom is 0.152 e. The van der Waals surface area contributed by atoms with Crippen LogP contribution >= 0.6 is 0 Å². The molecule has 2 atom stereocenters. The van der Waals surface area contributed by atoms with E-state index in [9.17, 15) is 4.21 Å². The van der Waals surface area contributed by atoms with Crippen LogP contribution in [0.4, 0.5) is 0 Å². The van der Waals surface area contributed by atoms with E-state index >= 15 is 0 Å². The SMILES string of the molecule is CCC(C)CCCS(=O)O. The molecular formula is C7H16O2S. The Morgan fingerprint density at radius 2 is 2.20 bits per heavy atom. The van der Waals surface area contributed by atoms with Gasteiger partial charge in [-0.25, -0.2) is 4.21 Å². The van der Waals surface area contributed by atoms with Gasteiger partial charge in [-0.1, -0.05) is 20.3 Å². The molecule has 0 aliphatic heterocycles. The third-order valence-corrected chi connectivity index (χ3v) is 2.35. The molecule has 62 valence electrons. The largest absolute Gasteiger partial charge is 0.306 e. The summed E-state index contributed by atoms with van der Waals surface area (Å²) in [4.78, 5) is 0. The molecule has 0 saturated heterocycles. The van der Waals surface area contributed by atoms with Crippen LogP contribution in [0, 0.1) is 5.92 Å². The lowest BCUT2D eigenvalue weighted by atomic mass is 10.0. The molecule has 0 bridgehead atoms. The molecule has 1 N–H and O–H groups in total. The van der Waals surface area contributed by atoms with Crippen molar-refractivity contribution in [2.45, 2.75) is 33.1 Å². The number of hydrogen-bond donors (Lipinski definition) is 1. The van der Waals surface area contributed by atoms with Gasteiger partial charge in [0, 0.05) is 5.75 Å². The van der Waals surface area contributed by atoms with Crippen LogP contribution < -0.4 is 0 Å². The molecule has 0 aliphatic rings. The molecule has 0 aromatic rings. The average Bonchev–Trinajstić information content (AvgIpc) is 1.87. The normalized spacial score (nSPS) is 16.7. The van der Waals surface area contributed by atoms with Crippen LogP contribution in [-0.4, -0.2) is 14.5 Å². The zero-order valence-electron chi connectivity index (χ0n) is 6.67. The summed E-state index contributed by atoms with van der Waals surface area (Å²) >= 11 is -1.58. The van der Waals surface area contributed by atoms with Crippen molar-refractivity contribution in [3.63, 3.8) is 0 Å². The molecule has 0 heterocycles. The van der Waals surface area contributed by atoms with Crippen molar-refractivity contribution in [1.82, 2.24) is 0 Å². The van der Waals surface area contributed by atoms with Gasteiger partial charge >= 0.3 is 0 Å². The molecule has 10 heavy (non-hydrogen) atoms. The first-order valence-corrected chi connectivity index (χ1v) is 5.01. The summed E-state index contributed by atoms with van der Waals surface area (Å²) < 4.78 is 18.6. The second kappa shape index (κ2) is 5.86. The summed E-state index contributed by atoms with van der Waals surface area (Å²) in [6.07, 6.45) is 3.11. The van der Waals surface area contributed by atoms with Crippen molar-refractivity contribution in [2.24, 2.45) is 5.92 Å². The quantitative estimate of drug-likeness (QED) is 0.631. The highest BCUT2D eigenvalue weighted by molar-refractivity contribution is 7.79. The van der Waals surface area contributed by atoms with Crippen LogP contribution in [0.5, 0.6) is 0 Å². The maximum atomic E-state index is 10.2. The van der Waals surface area contributed by atoms with Crippen molar-refractivity contribution < 1.29 is 8.76 Å². The fraction of sp³-hybridized carbons (Fsp3) is 1.00. The fourth-order valence-electron chi connectivity index (χ4n) is 0.759. The molecule has 0 aliphatic carbocycles. The Morgan fingerprint density at radius 1 is 1.60 bits per heavy atom. The van der Waals surface area contributed by atoms with Gasteiger partial charge in [0.15, 0.2) is 11.1 Å². The van der Waals surface area contributed by atoms with E-state index in [-0.39, 0.29) is 0 Å². The van der Waals surface area contributed by atoms with E-state index in [0.717, 1.165) is 19.3 Å². The lowest BCUT2D eigenvalue weighted by Crippen LogP contribution is -1.98. The minimum absolute atomic E-state index is 0.435. The molecule has 0 saturated carbocycles. The first-order valence-electron chi connectivity index (χ1n) is 3.74. The molecule has 2 nitrogen and oxygen atoms in total. The Kier molecular flexibility index (Phi) is 5.93. The molecule has 0 aromatic heterocycles. The van der Waals surface area contributed by atoms with Crippen LogP contribution in [0.25, 0.3) is 0 Å². The number of rotatable bonds is 5. The van der Waals surface area contributed by atoms with Crippen molar-refractivity contribution in [1.29, 1.82) is 0 Å². The average molecular weight is 164 g/mol. The van der Waals surface area contributed by atoms with Gasteiger partial charge in [0.1, 0.15) is 0 Å². The Hall–Kier alpha value is 0.110. The number of hydrogen-bond acceptors (Lipinski definition) is 1. The predicted octanol–water partition coefficient (Wildman–Crippen LogP) is 2.03. The van der Waals surface area contributed by atoms with Gasteiger partial charge in [-0.15, -0.1) is 0 Å². The highest BCUT2D eigenvalue weighted by Crippen LogP contribution is 2.08. The Balaban J connectivity index is 3.11. The monoisotopic (exact) mass is 164 g/mol. The lowest BCUT2D eigenvalue weighted by Gasteiger charge is -2.05. The minimum Gasteiger partial charge on any atom is -0.306 e. The Labute approximate surface area is 65.3 Å². The second-order valence-electron chi connectivity index (χ2n) is 2.68. The molecule has 3 heteroatoms. The zero-order chi connectivity index (χ0) is 7.98. The van der Waals surface area contributed by atoms with E-state index in [4.69, 9.17) is 4.55 Å². The third kappa shape index (κ3) is 6.23. The molecular weight excluding hydrogens is 148 g/mol. The van der Waals surface area contributed by atoms with Gasteiger partial charge in [0.2, 0.25) is 0 Å². The molecule has 2 unspecified atom stereocenters. The summed E-state index contributed by atoms with van der Waals surface area (Å²) in [6.45, 7) is 4.31. The van der Waals surface area contributed by atoms with Gasteiger partial charge in [-0.2, -0.15) is 0 Å². The van der Waals surface area contributed by atoms with E-state index in [0.29, 0.717) is 11.7 Å². The molecule has 0 rings (SSSR count). The van der Waals surface area contributed by atoms with Gasteiger partial charge in [0.05, 0.1) is 0 Å². The van der Waals surface area contributed by atoms with Crippen LogP contribution in [0.15, 0.2) is 0 Å². The van der Waals surface area contributed by atoms with E-state index < -0.39 is 11.1 Å². The van der Waals surface area contributed by atoms with Gasteiger partial charge in [0.25, 0.3) is 0 Å². The van der Waals surface area contributed by atoms with E-state index in [2.05, 4.69) is 13.8 Å². The molecule has 0 fully saturated rings. The second-order valence-corrected chi connectivity index (χ2v) is 3.73. The van der Waals surface area contributed by atoms with Gasteiger partial charge in [-0.05, 0) is 18.8 Å². The highest BCUT2D eigenvalue weighted by Gasteiger charge is 1.99. The molecule has 0 spiro atoms. The Bertz CT molecular complexity index is 104. The smallest absolute Gasteiger partial charge is 0.152 e. The van der Waals surface area contributed by atoms with E-state index in [1.807, 2.05) is 0 Å². The van der Waals surface area contributed by atoms with Crippen molar-refractivity contribution in [2.75, 3.05) is 5.75 Å². The van der Waals surface area contributed by atoms with Crippen LogP contribution in [0.2, 0.25) is 0 Å². The first-order chi connectivity index (χ1) is 4.66. The molecule has 0 radical (unpaired) electrons. The maximum absolute atomic E-state index is 10.2. The van der Waals surface area contributed by atoms with E-state index in [1.54, 1.807) is 0 Å². The molecule has 0 amide bonds. The summed E-state index contributed by atoms with van der Waals surface area (Å²) in [6, 6.07) is 0. The summed E-state index contributed by atoms with van der Waals surface area (Å²) in [5.74, 6) is 1.13. The summed E-state index contributed by atoms with van der Waals surface area (Å²) in [7, 11) is 0. The fourth-order valence-corrected chi connectivity index (χ4v) is 1.17. The lowest BCUT2D eigenvalue weighted by molar-refractivity contribution is 0.502. The van der Waals surface area contributed by atoms with Crippen LogP contribution in [0.1, 0.15) is 33.1 Å². The zero-order valence-corrected chi connectivity index (χ0v) is 7.49. The van der Waals surface area contributed by atoms with Crippen molar-refractivity contribution in [3.05, 3.63) is 0 Å². The van der Waals surface area contributed by atoms with Crippen LogP contribution in [-0.2, 0) is 11.1 Å². The Morgan fingerprint density at radius 3 is 2.60 bits per heavy atom. The first kappa shape index (κ1) is 10.1. The van der Waals surface area contributed by atoms with Gasteiger partial charge < -0.3 is 4.55 Å². The minimum atomic E-state index is -1.58. The van der Waals surface area contributed by atoms with Gasteiger partial charge in [-0.3, -0.25) is 0 Å². The predicted molar refractivity (Wildman–Crippen MR) is 44.3 cm³/mol. The standard InChI is InChI=1S/C7H16O2S/c1-3-7(2)5-4-6-10(8)9/h7H,3-6H2,1-2H3,(H,8,9). The van der Waals surface area contributed by atoms with Crippen molar-refractivity contribution >= 4 is 11.1 Å². The topological polar surface area (TPSA) is 37.3 Å². The summed E-state index contributed by atoms with van der Waals surface area (Å²) in [5, 5.41) is 0. The third-order valence-electron chi connectivity index (χ3n) is 1.71. The van der Waals surface area contributed by atoms with Crippen LogP contribution in [0.3, 0.4) is 0 Å². The molecule has 0 aromatic carbocycles. The van der Waals surface area contributed by atoms with Crippen molar-refractivity contribution in [3.8, 4) is 0 Å². The summed E-state index contributed by atoms with van der Waals surface area (Å²) in [5.41, 5.74) is 0.